The lowest BCUT2D eigenvalue weighted by molar-refractivity contribution is -0.131. The van der Waals surface area contributed by atoms with Crippen molar-refractivity contribution in [3.05, 3.63) is 41.2 Å². The van der Waals surface area contributed by atoms with Crippen LogP contribution in [0.5, 0.6) is 0 Å². The number of methoxy groups -OCH3 is 1. The van der Waals surface area contributed by atoms with Gasteiger partial charge in [-0.1, -0.05) is 6.07 Å². The number of aliphatic carboxylic acids is 1. The Balaban J connectivity index is 2.06. The van der Waals surface area contributed by atoms with E-state index in [2.05, 4.69) is 4.90 Å². The monoisotopic (exact) mass is 279 g/mol. The Morgan fingerprint density at radius 2 is 2.40 bits per heavy atom. The van der Waals surface area contributed by atoms with Crippen molar-refractivity contribution in [1.82, 2.24) is 4.90 Å². The second-order valence-electron chi connectivity index (χ2n) is 4.91. The predicted octanol–water partition coefficient (Wildman–Crippen LogP) is 2.14. The molecule has 5 heteroatoms. The molecule has 0 saturated carbocycles. The molecule has 1 aromatic rings. The van der Waals surface area contributed by atoms with Crippen LogP contribution in [0.2, 0.25) is 0 Å². The molecule has 4 nitrogen and oxygen atoms in total. The molecule has 0 aromatic heterocycles. The minimum atomic E-state index is -1.09. The molecule has 0 bridgehead atoms. The van der Waals surface area contributed by atoms with Crippen LogP contribution in [0.25, 0.3) is 6.08 Å². The second-order valence-corrected chi connectivity index (χ2v) is 4.91. The van der Waals surface area contributed by atoms with Crippen LogP contribution in [-0.2, 0) is 16.1 Å². The van der Waals surface area contributed by atoms with E-state index in [1.807, 2.05) is 0 Å². The standard InChI is InChI=1S/C15H18FNO3/c1-20-13-6-7-17(10-13)9-11-2-4-14(16)12(8-11)3-5-15(18)19/h2-5,8,13H,6-7,9-10H2,1H3,(H,18,19)/b5-3+. The van der Waals surface area contributed by atoms with Gasteiger partial charge in [0.25, 0.3) is 0 Å². The van der Waals surface area contributed by atoms with Crippen LogP contribution < -0.4 is 0 Å². The lowest BCUT2D eigenvalue weighted by atomic mass is 10.1. The summed E-state index contributed by atoms with van der Waals surface area (Å²) in [6, 6.07) is 4.79. The summed E-state index contributed by atoms with van der Waals surface area (Å²) < 4.78 is 18.9. The fourth-order valence-electron chi connectivity index (χ4n) is 2.37. The highest BCUT2D eigenvalue weighted by Gasteiger charge is 2.21. The van der Waals surface area contributed by atoms with E-state index in [1.165, 1.54) is 12.1 Å². The third kappa shape index (κ3) is 3.88. The Bertz CT molecular complexity index is 516. The minimum absolute atomic E-state index is 0.266. The maximum absolute atomic E-state index is 13.6. The first-order valence-corrected chi connectivity index (χ1v) is 6.53. The number of carboxylic acid groups (broad SMARTS) is 1. The first-order valence-electron chi connectivity index (χ1n) is 6.53. The molecule has 1 unspecified atom stereocenters. The zero-order valence-corrected chi connectivity index (χ0v) is 11.4. The first kappa shape index (κ1) is 14.7. The zero-order chi connectivity index (χ0) is 14.5. The van der Waals surface area contributed by atoms with Crippen LogP contribution in [0.3, 0.4) is 0 Å². The van der Waals surface area contributed by atoms with Crippen molar-refractivity contribution in [2.45, 2.75) is 19.1 Å². The molecule has 0 radical (unpaired) electrons. The zero-order valence-electron chi connectivity index (χ0n) is 11.4. The Kier molecular flexibility index (Phi) is 4.87. The van der Waals surface area contributed by atoms with Crippen molar-refractivity contribution in [3.63, 3.8) is 0 Å². The van der Waals surface area contributed by atoms with E-state index in [1.54, 1.807) is 19.2 Å². The number of halogens is 1. The molecule has 0 aliphatic carbocycles. The lowest BCUT2D eigenvalue weighted by Gasteiger charge is -2.16. The quantitative estimate of drug-likeness (QED) is 0.839. The number of hydrogen-bond acceptors (Lipinski definition) is 3. The molecule has 0 amide bonds. The average molecular weight is 279 g/mol. The summed E-state index contributed by atoms with van der Waals surface area (Å²) in [5.74, 6) is -1.50. The van der Waals surface area contributed by atoms with Gasteiger partial charge in [0.15, 0.2) is 0 Å². The highest BCUT2D eigenvalue weighted by molar-refractivity contribution is 5.85. The van der Waals surface area contributed by atoms with Gasteiger partial charge in [-0.3, -0.25) is 4.90 Å². The summed E-state index contributed by atoms with van der Waals surface area (Å²) >= 11 is 0. The summed E-state index contributed by atoms with van der Waals surface area (Å²) in [5.41, 5.74) is 1.26. The Morgan fingerprint density at radius 3 is 3.05 bits per heavy atom. The molecule has 0 spiro atoms. The average Bonchev–Trinajstić information content (AvgIpc) is 2.87. The molecule has 1 aliphatic rings. The number of carboxylic acids is 1. The third-order valence-electron chi connectivity index (χ3n) is 3.43. The molecule has 1 aromatic carbocycles. The van der Waals surface area contributed by atoms with E-state index in [4.69, 9.17) is 9.84 Å². The Labute approximate surface area is 117 Å². The molecule has 2 rings (SSSR count). The fourth-order valence-corrected chi connectivity index (χ4v) is 2.37. The molecule has 1 saturated heterocycles. The third-order valence-corrected chi connectivity index (χ3v) is 3.43. The SMILES string of the molecule is COC1CCN(Cc2ccc(F)c(/C=C/C(=O)O)c2)C1. The first-order chi connectivity index (χ1) is 9.58. The van der Waals surface area contributed by atoms with Crippen molar-refractivity contribution < 1.29 is 19.0 Å². The molecule has 108 valence electrons. The van der Waals surface area contributed by atoms with Crippen molar-refractivity contribution in [3.8, 4) is 0 Å². The van der Waals surface area contributed by atoms with E-state index >= 15 is 0 Å². The van der Waals surface area contributed by atoms with Gasteiger partial charge in [-0.05, 0) is 30.2 Å². The highest BCUT2D eigenvalue weighted by Crippen LogP contribution is 2.18. The summed E-state index contributed by atoms with van der Waals surface area (Å²) in [4.78, 5) is 12.7. The Hall–Kier alpha value is -1.72. The van der Waals surface area contributed by atoms with E-state index < -0.39 is 11.8 Å². The molecule has 1 N–H and O–H groups in total. The molecular formula is C15H18FNO3. The Morgan fingerprint density at radius 1 is 1.60 bits per heavy atom. The summed E-state index contributed by atoms with van der Waals surface area (Å²) in [5, 5.41) is 8.59. The van der Waals surface area contributed by atoms with Gasteiger partial charge in [0, 0.05) is 38.4 Å². The van der Waals surface area contributed by atoms with E-state index in [9.17, 15) is 9.18 Å². The molecule has 1 atom stereocenters. The lowest BCUT2D eigenvalue weighted by Crippen LogP contribution is -2.22. The summed E-state index contributed by atoms with van der Waals surface area (Å²) in [6.45, 7) is 2.54. The maximum atomic E-state index is 13.6. The molecule has 1 aliphatic heterocycles. The van der Waals surface area contributed by atoms with Crippen LogP contribution in [0.4, 0.5) is 4.39 Å². The van der Waals surface area contributed by atoms with Crippen molar-refractivity contribution in [2.24, 2.45) is 0 Å². The van der Waals surface area contributed by atoms with E-state index in [-0.39, 0.29) is 6.10 Å². The molecule has 1 heterocycles. The van der Waals surface area contributed by atoms with Crippen LogP contribution in [0.1, 0.15) is 17.5 Å². The minimum Gasteiger partial charge on any atom is -0.478 e. The fraction of sp³-hybridized carbons (Fsp3) is 0.400. The van der Waals surface area contributed by atoms with E-state index in [0.29, 0.717) is 12.1 Å². The number of carbonyl (C=O) groups is 1. The molecular weight excluding hydrogens is 261 g/mol. The number of benzene rings is 1. The number of ether oxygens (including phenoxy) is 1. The van der Waals surface area contributed by atoms with Gasteiger partial charge in [-0.25, -0.2) is 9.18 Å². The predicted molar refractivity (Wildman–Crippen MR) is 73.8 cm³/mol. The summed E-state index contributed by atoms with van der Waals surface area (Å²) in [7, 11) is 1.71. The number of likely N-dealkylation sites (tertiary alicyclic amines) is 1. The maximum Gasteiger partial charge on any atom is 0.328 e. The molecule has 20 heavy (non-hydrogen) atoms. The second kappa shape index (κ2) is 6.63. The number of rotatable bonds is 5. The highest BCUT2D eigenvalue weighted by atomic mass is 19.1. The normalized spacial score (nSPS) is 19.8. The van der Waals surface area contributed by atoms with Crippen molar-refractivity contribution in [1.29, 1.82) is 0 Å². The number of hydrogen-bond donors (Lipinski definition) is 1. The van der Waals surface area contributed by atoms with Gasteiger partial charge in [0.2, 0.25) is 0 Å². The smallest absolute Gasteiger partial charge is 0.328 e. The van der Waals surface area contributed by atoms with Gasteiger partial charge >= 0.3 is 5.97 Å². The van der Waals surface area contributed by atoms with Gasteiger partial charge < -0.3 is 9.84 Å². The largest absolute Gasteiger partial charge is 0.478 e. The van der Waals surface area contributed by atoms with Crippen LogP contribution in [0.15, 0.2) is 24.3 Å². The number of nitrogens with zero attached hydrogens (tertiary/aromatic N) is 1. The van der Waals surface area contributed by atoms with Crippen molar-refractivity contribution >= 4 is 12.0 Å². The van der Waals surface area contributed by atoms with Crippen molar-refractivity contribution in [2.75, 3.05) is 20.2 Å². The topological polar surface area (TPSA) is 49.8 Å². The summed E-state index contributed by atoms with van der Waals surface area (Å²) in [6.07, 6.45) is 3.49. The molecule has 1 fully saturated rings. The van der Waals surface area contributed by atoms with Crippen LogP contribution >= 0.6 is 0 Å². The van der Waals surface area contributed by atoms with Gasteiger partial charge in [-0.2, -0.15) is 0 Å². The van der Waals surface area contributed by atoms with Gasteiger partial charge in [0.05, 0.1) is 6.10 Å². The van der Waals surface area contributed by atoms with Crippen LogP contribution in [0, 0.1) is 5.82 Å². The van der Waals surface area contributed by atoms with E-state index in [0.717, 1.165) is 31.1 Å². The van der Waals surface area contributed by atoms with Gasteiger partial charge in [-0.15, -0.1) is 0 Å². The van der Waals surface area contributed by atoms with Gasteiger partial charge in [0.1, 0.15) is 5.82 Å². The van der Waals surface area contributed by atoms with Crippen LogP contribution in [-0.4, -0.2) is 42.3 Å².